The number of hydrogen-bond donors (Lipinski definition) is 1. The average molecular weight is 525 g/mol. The molecule has 1 N–H and O–H groups in total. The van der Waals surface area contributed by atoms with Crippen molar-refractivity contribution < 1.29 is 11.0 Å². The zero-order valence-electron chi connectivity index (χ0n) is 22.3. The van der Waals surface area contributed by atoms with Gasteiger partial charge in [-0.3, -0.25) is 0 Å². The second kappa shape index (κ2) is 9.55. The summed E-state index contributed by atoms with van der Waals surface area (Å²) in [5.74, 6) is -1.32. The maximum Gasteiger partial charge on any atom is 0.225 e. The Morgan fingerprint density at radius 3 is 2.73 bits per heavy atom. The number of hydrogen-bond acceptors (Lipinski definition) is 4. The van der Waals surface area contributed by atoms with Crippen molar-refractivity contribution in [1.82, 2.24) is 0 Å². The fraction of sp³-hybridized carbons (Fsp3) is 0.219. The number of thioether (sulfide) groups is 1. The summed E-state index contributed by atoms with van der Waals surface area (Å²) in [7, 11) is 0. The molecule has 2 unspecified atom stereocenters. The van der Waals surface area contributed by atoms with Crippen molar-refractivity contribution in [3.8, 4) is 0 Å². The van der Waals surface area contributed by atoms with Gasteiger partial charge in [0, 0.05) is 28.8 Å². The minimum atomic E-state index is -1.39. The molecule has 1 aliphatic carbocycles. The number of thiazole rings is 1. The fourth-order valence-corrected chi connectivity index (χ4v) is 7.74. The Bertz CT molecular complexity index is 1620. The molecule has 0 fully saturated rings. The molecule has 0 spiro atoms. The Balaban J connectivity index is 1.49. The molecule has 2 atom stereocenters. The molecule has 3 nitrogen and oxygen atoms in total. The minimum Gasteiger partial charge on any atom is -0.511 e. The van der Waals surface area contributed by atoms with Crippen molar-refractivity contribution in [2.24, 2.45) is 5.89 Å². The van der Waals surface area contributed by atoms with Crippen LogP contribution in [0.4, 0.5) is 5.69 Å². The van der Waals surface area contributed by atoms with Gasteiger partial charge < -0.3 is 10.0 Å². The summed E-state index contributed by atoms with van der Waals surface area (Å²) >= 11 is 3.37. The van der Waals surface area contributed by atoms with Crippen molar-refractivity contribution in [3.63, 3.8) is 0 Å². The lowest BCUT2D eigenvalue weighted by Gasteiger charge is -2.37. The van der Waals surface area contributed by atoms with Crippen LogP contribution in [0.25, 0.3) is 16.8 Å². The van der Waals surface area contributed by atoms with Gasteiger partial charge in [0.15, 0.2) is 6.20 Å². The first-order valence-corrected chi connectivity index (χ1v) is 14.5. The Morgan fingerprint density at radius 2 is 1.95 bits per heavy atom. The van der Waals surface area contributed by atoms with E-state index in [4.69, 9.17) is 0 Å². The molecule has 2 heterocycles. The zero-order chi connectivity index (χ0) is 26.5. The number of rotatable bonds is 5. The molecule has 0 amide bonds. The van der Waals surface area contributed by atoms with E-state index in [1.54, 1.807) is 29.2 Å². The van der Waals surface area contributed by atoms with Gasteiger partial charge >= 0.3 is 0 Å². The van der Waals surface area contributed by atoms with E-state index >= 15 is 0 Å². The first-order chi connectivity index (χ1) is 18.4. The van der Waals surface area contributed by atoms with E-state index in [-0.39, 0.29) is 5.76 Å². The van der Waals surface area contributed by atoms with E-state index in [0.717, 1.165) is 28.3 Å². The maximum atomic E-state index is 11.5. The number of allylic oxidation sites excluding steroid dienone is 3. The van der Waals surface area contributed by atoms with Gasteiger partial charge in [0.2, 0.25) is 11.0 Å². The van der Waals surface area contributed by atoms with E-state index in [1.165, 1.54) is 21.4 Å². The first-order valence-electron chi connectivity index (χ1n) is 13.3. The van der Waals surface area contributed by atoms with Crippen LogP contribution in [0.3, 0.4) is 0 Å². The molecule has 186 valence electrons. The second-order valence-corrected chi connectivity index (χ2v) is 11.3. The van der Waals surface area contributed by atoms with Crippen LogP contribution >= 0.6 is 23.1 Å². The van der Waals surface area contributed by atoms with Gasteiger partial charge in [-0.25, -0.2) is 0 Å². The molecule has 4 aromatic rings. The molecule has 6 rings (SSSR count). The lowest BCUT2D eigenvalue weighted by molar-refractivity contribution is -0.756. The number of anilines is 1. The van der Waals surface area contributed by atoms with E-state index < -0.39 is 11.4 Å². The zero-order valence-corrected chi connectivity index (χ0v) is 22.9. The first kappa shape index (κ1) is 22.9. The van der Waals surface area contributed by atoms with Crippen LogP contribution in [-0.4, -0.2) is 11.7 Å². The molecule has 0 saturated carbocycles. The number of aliphatic hydroxyl groups is 1. The van der Waals surface area contributed by atoms with E-state index in [9.17, 15) is 6.48 Å². The van der Waals surface area contributed by atoms with E-state index in [1.807, 2.05) is 42.8 Å². The van der Waals surface area contributed by atoms with Gasteiger partial charge in [0.05, 0.1) is 17.5 Å². The molecular formula is C32H31N2OS2+. The quantitative estimate of drug-likeness (QED) is 0.266. The highest BCUT2D eigenvalue weighted by molar-refractivity contribution is 8.03. The fourth-order valence-electron chi connectivity index (χ4n) is 5.83. The normalized spacial score (nSPS) is 24.7. The molecule has 5 heteroatoms. The van der Waals surface area contributed by atoms with Gasteiger partial charge in [-0.2, -0.15) is 4.57 Å². The van der Waals surface area contributed by atoms with Crippen LogP contribution in [0, 0.1) is 5.89 Å². The summed E-state index contributed by atoms with van der Waals surface area (Å²) in [6.45, 7) is 7.18. The summed E-state index contributed by atoms with van der Waals surface area (Å²) < 4.78 is 12.0. The lowest BCUT2D eigenvalue weighted by atomic mass is 9.69. The van der Waals surface area contributed by atoms with E-state index in [2.05, 4.69) is 77.4 Å². The summed E-state index contributed by atoms with van der Waals surface area (Å²) in [4.78, 5) is 3.61. The van der Waals surface area contributed by atoms with Gasteiger partial charge in [-0.15, -0.1) is 0 Å². The van der Waals surface area contributed by atoms with Gasteiger partial charge in [0.25, 0.3) is 0 Å². The Kier molecular flexibility index (Phi) is 5.90. The third-order valence-corrected chi connectivity index (χ3v) is 9.22. The van der Waals surface area contributed by atoms with Gasteiger partial charge in [0.1, 0.15) is 11.7 Å². The topological polar surface area (TPSA) is 27.3 Å². The van der Waals surface area contributed by atoms with Crippen molar-refractivity contribution in [2.75, 3.05) is 11.4 Å². The molecule has 37 heavy (non-hydrogen) atoms. The summed E-state index contributed by atoms with van der Waals surface area (Å²) in [6, 6.07) is 21.1. The van der Waals surface area contributed by atoms with Gasteiger partial charge in [-0.05, 0) is 43.0 Å². The Labute approximate surface area is 228 Å². The Morgan fingerprint density at radius 1 is 1.14 bits per heavy atom. The summed E-state index contributed by atoms with van der Waals surface area (Å²) in [5, 5.41) is 17.2. The van der Waals surface area contributed by atoms with Crippen LogP contribution in [-0.2, 0) is 5.54 Å². The molecule has 1 aromatic heterocycles. The Hall–Kier alpha value is -3.28. The largest absolute Gasteiger partial charge is 0.511 e. The van der Waals surface area contributed by atoms with Crippen LogP contribution in [0.5, 0.6) is 0 Å². The number of aromatic nitrogens is 1. The van der Waals surface area contributed by atoms with E-state index in [0.29, 0.717) is 6.42 Å². The summed E-state index contributed by atoms with van der Waals surface area (Å²) in [5.41, 5.74) is 5.49. The maximum absolute atomic E-state index is 11.5. The number of nitrogens with zero attached hydrogens (tertiary/aromatic N) is 2. The molecule has 0 radical (unpaired) electrons. The molecule has 0 bridgehead atoms. The van der Waals surface area contributed by atoms with Crippen LogP contribution in [0.15, 0.2) is 111 Å². The molecule has 1 aliphatic heterocycles. The van der Waals surface area contributed by atoms with Crippen LogP contribution in [0.2, 0.25) is 0 Å². The standard InChI is InChI=1S/C32H30N2OS2/c1-4-32(33-16-17-36-21-33)26-13-9-7-11-24(26)20-28(35)27(32)18-22(3)19-30-34(5-2)31-25-12-8-6-10-23(25)14-15-29(31)37-30/h6-21,27H,4-5H2,1-3H3/p+1/i27D. The predicted octanol–water partition coefficient (Wildman–Crippen LogP) is 8.29. The average Bonchev–Trinajstić information content (AvgIpc) is 3.58. The molecular weight excluding hydrogens is 492 g/mol. The number of aliphatic hydroxyl groups excluding tert-OH is 1. The minimum absolute atomic E-state index is 0.0650. The van der Waals surface area contributed by atoms with Crippen molar-refractivity contribution in [1.29, 1.82) is 0 Å². The SMILES string of the molecule is [2H]C1(C=C(C)C=C2Sc3ccc4ccccc4c3N2CC)C(O)=Cc2ccccc2C1(CC)[n+]1ccsc1. The molecule has 2 aliphatic rings. The monoisotopic (exact) mass is 524 g/mol. The molecule has 3 aromatic carbocycles. The summed E-state index contributed by atoms with van der Waals surface area (Å²) in [6.07, 6.45) is 8.57. The highest BCUT2D eigenvalue weighted by Crippen LogP contribution is 2.50. The smallest absolute Gasteiger partial charge is 0.225 e. The highest BCUT2D eigenvalue weighted by atomic mass is 32.2. The third kappa shape index (κ3) is 3.84. The lowest BCUT2D eigenvalue weighted by Crippen LogP contribution is -2.61. The van der Waals surface area contributed by atoms with Crippen LogP contribution in [0.1, 0.15) is 39.7 Å². The molecule has 0 saturated heterocycles. The van der Waals surface area contributed by atoms with Crippen molar-refractivity contribution in [2.45, 2.75) is 37.6 Å². The third-order valence-electron chi connectivity index (χ3n) is 7.50. The second-order valence-electron chi connectivity index (χ2n) is 9.53. The predicted molar refractivity (Wildman–Crippen MR) is 157 cm³/mol. The van der Waals surface area contributed by atoms with Crippen molar-refractivity contribution in [3.05, 3.63) is 117 Å². The highest BCUT2D eigenvalue weighted by Gasteiger charge is 2.52. The number of fused-ring (bicyclic) bond motifs is 4. The van der Waals surface area contributed by atoms with Gasteiger partial charge in [-0.1, -0.05) is 96.3 Å². The van der Waals surface area contributed by atoms with Crippen LogP contribution < -0.4 is 9.47 Å². The number of benzene rings is 3. The van der Waals surface area contributed by atoms with Crippen molar-refractivity contribution >= 4 is 45.6 Å².